The fourth-order valence-corrected chi connectivity index (χ4v) is 4.02. The van der Waals surface area contributed by atoms with Crippen LogP contribution in [0.4, 0.5) is 0 Å². The number of nitrogens with zero attached hydrogens (tertiary/aromatic N) is 2. The number of hydrogen-bond acceptors (Lipinski definition) is 4. The lowest BCUT2D eigenvalue weighted by Gasteiger charge is -2.09. The molecule has 184 valence electrons. The van der Waals surface area contributed by atoms with Crippen LogP contribution in [0.5, 0.6) is 0 Å². The molecule has 8 heteroatoms. The molecule has 2 aromatic heterocycles. The zero-order chi connectivity index (χ0) is 24.1. The Balaban J connectivity index is 2.06. The number of hydrogen-bond donors (Lipinski definition) is 2. The standard InChI is InChI=1S/C25H40N4O4/c1-3-5-7-9-11-13-15-28-18-20(22(30)26-24(28)32)17-21-19-29(25(33)27-23(21)31)16-14-12-10-8-6-4-2/h18-19H,3-17H2,1-2H3,(H,26,30,32)(H,27,31,33). The van der Waals surface area contributed by atoms with Gasteiger partial charge < -0.3 is 9.13 Å². The van der Waals surface area contributed by atoms with Crippen LogP contribution < -0.4 is 22.5 Å². The third-order valence-corrected chi connectivity index (χ3v) is 6.06. The molecule has 0 bridgehead atoms. The molecular formula is C25H40N4O4. The Morgan fingerprint density at radius 3 is 1.33 bits per heavy atom. The van der Waals surface area contributed by atoms with E-state index in [-0.39, 0.29) is 6.42 Å². The van der Waals surface area contributed by atoms with Crippen LogP contribution >= 0.6 is 0 Å². The van der Waals surface area contributed by atoms with E-state index in [1.165, 1.54) is 47.7 Å². The number of aromatic nitrogens is 4. The van der Waals surface area contributed by atoms with Gasteiger partial charge in [-0.05, 0) is 12.8 Å². The van der Waals surface area contributed by atoms with Crippen molar-refractivity contribution in [3.63, 3.8) is 0 Å². The third-order valence-electron chi connectivity index (χ3n) is 6.06. The third kappa shape index (κ3) is 9.02. The van der Waals surface area contributed by atoms with Crippen molar-refractivity contribution in [1.29, 1.82) is 0 Å². The highest BCUT2D eigenvalue weighted by Gasteiger charge is 2.11. The van der Waals surface area contributed by atoms with Gasteiger partial charge in [0.05, 0.1) is 0 Å². The van der Waals surface area contributed by atoms with Gasteiger partial charge in [0.2, 0.25) is 0 Å². The van der Waals surface area contributed by atoms with Gasteiger partial charge >= 0.3 is 11.4 Å². The van der Waals surface area contributed by atoms with Crippen LogP contribution in [-0.2, 0) is 19.5 Å². The summed E-state index contributed by atoms with van der Waals surface area (Å²) in [7, 11) is 0. The van der Waals surface area contributed by atoms with Gasteiger partial charge in [-0.3, -0.25) is 19.6 Å². The molecule has 0 aromatic carbocycles. The highest BCUT2D eigenvalue weighted by Crippen LogP contribution is 2.07. The summed E-state index contributed by atoms with van der Waals surface area (Å²) >= 11 is 0. The summed E-state index contributed by atoms with van der Waals surface area (Å²) in [6.45, 7) is 5.41. The minimum absolute atomic E-state index is 0.0677. The van der Waals surface area contributed by atoms with E-state index in [2.05, 4.69) is 23.8 Å². The Bertz CT molecular complexity index is 992. The van der Waals surface area contributed by atoms with Gasteiger partial charge in [0.1, 0.15) is 0 Å². The van der Waals surface area contributed by atoms with Crippen molar-refractivity contribution in [2.24, 2.45) is 0 Å². The normalized spacial score (nSPS) is 11.2. The van der Waals surface area contributed by atoms with Crippen molar-refractivity contribution < 1.29 is 0 Å². The van der Waals surface area contributed by atoms with Gasteiger partial charge in [0.25, 0.3) is 11.1 Å². The summed E-state index contributed by atoms with van der Waals surface area (Å²) in [5, 5.41) is 0. The predicted molar refractivity (Wildman–Crippen MR) is 132 cm³/mol. The van der Waals surface area contributed by atoms with E-state index >= 15 is 0 Å². The predicted octanol–water partition coefficient (Wildman–Crippen LogP) is 3.70. The zero-order valence-electron chi connectivity index (χ0n) is 20.3. The Labute approximate surface area is 195 Å². The molecule has 0 aliphatic rings. The molecule has 0 aliphatic carbocycles. The summed E-state index contributed by atoms with van der Waals surface area (Å²) in [6.07, 6.45) is 16.4. The smallest absolute Gasteiger partial charge is 0.300 e. The maximum Gasteiger partial charge on any atom is 0.328 e. The first kappa shape index (κ1) is 26.6. The number of H-pyrrole nitrogens is 2. The molecule has 33 heavy (non-hydrogen) atoms. The van der Waals surface area contributed by atoms with Crippen LogP contribution in [0.2, 0.25) is 0 Å². The summed E-state index contributed by atoms with van der Waals surface area (Å²) in [4.78, 5) is 53.8. The number of aryl methyl sites for hydroxylation is 2. The molecule has 8 nitrogen and oxygen atoms in total. The molecule has 2 heterocycles. The van der Waals surface area contributed by atoms with E-state index in [1.807, 2.05) is 0 Å². The molecule has 0 aliphatic heterocycles. The monoisotopic (exact) mass is 460 g/mol. The molecule has 2 N–H and O–H groups in total. The summed E-state index contributed by atoms with van der Waals surface area (Å²) in [6, 6.07) is 0. The van der Waals surface area contributed by atoms with E-state index in [0.717, 1.165) is 38.5 Å². The number of rotatable bonds is 16. The van der Waals surface area contributed by atoms with Crippen LogP contribution in [0, 0.1) is 0 Å². The summed E-state index contributed by atoms with van der Waals surface area (Å²) in [5.41, 5.74) is -1.16. The molecular weight excluding hydrogens is 420 g/mol. The molecule has 0 unspecified atom stereocenters. The van der Waals surface area contributed by atoms with E-state index in [1.54, 1.807) is 12.4 Å². The molecule has 0 atom stereocenters. The van der Waals surface area contributed by atoms with Crippen molar-refractivity contribution in [3.05, 3.63) is 65.2 Å². The molecule has 2 aromatic rings. The molecule has 0 amide bonds. The second-order valence-electron chi connectivity index (χ2n) is 8.93. The van der Waals surface area contributed by atoms with Gasteiger partial charge in [-0.25, -0.2) is 9.59 Å². The number of nitrogens with one attached hydrogen (secondary N) is 2. The number of aromatic amines is 2. The van der Waals surface area contributed by atoms with E-state index < -0.39 is 22.5 Å². The first-order chi connectivity index (χ1) is 16.0. The average Bonchev–Trinajstić information content (AvgIpc) is 2.78. The zero-order valence-corrected chi connectivity index (χ0v) is 20.3. The minimum atomic E-state index is -0.493. The Morgan fingerprint density at radius 2 is 0.939 bits per heavy atom. The van der Waals surface area contributed by atoms with E-state index in [0.29, 0.717) is 24.2 Å². The highest BCUT2D eigenvalue weighted by molar-refractivity contribution is 5.18. The fraction of sp³-hybridized carbons (Fsp3) is 0.680. The lowest BCUT2D eigenvalue weighted by Crippen LogP contribution is -2.34. The average molecular weight is 461 g/mol. The topological polar surface area (TPSA) is 110 Å². The Morgan fingerprint density at radius 1 is 0.576 bits per heavy atom. The molecule has 0 saturated carbocycles. The molecule has 0 spiro atoms. The SMILES string of the molecule is CCCCCCCCn1cc(Cc2cn(CCCCCCCC)c(=O)[nH]c2=O)c(=O)[nH]c1=O. The summed E-state index contributed by atoms with van der Waals surface area (Å²) < 4.78 is 3.02. The molecule has 0 radical (unpaired) electrons. The van der Waals surface area contributed by atoms with Gasteiger partial charge in [0, 0.05) is 43.0 Å². The van der Waals surface area contributed by atoms with Crippen molar-refractivity contribution in [3.8, 4) is 0 Å². The largest absolute Gasteiger partial charge is 0.328 e. The quantitative estimate of drug-likeness (QED) is 0.372. The lowest BCUT2D eigenvalue weighted by atomic mass is 10.1. The highest BCUT2D eigenvalue weighted by atomic mass is 16.2. The second-order valence-corrected chi connectivity index (χ2v) is 8.93. The second kappa shape index (κ2) is 14.5. The number of unbranched alkanes of at least 4 members (excludes halogenated alkanes) is 10. The Kier molecular flexibility index (Phi) is 11.7. The van der Waals surface area contributed by atoms with Crippen LogP contribution in [0.15, 0.2) is 31.6 Å². The van der Waals surface area contributed by atoms with Gasteiger partial charge in [0.15, 0.2) is 0 Å². The lowest BCUT2D eigenvalue weighted by molar-refractivity contribution is 0.538. The maximum atomic E-state index is 12.4. The van der Waals surface area contributed by atoms with Gasteiger partial charge in [-0.15, -0.1) is 0 Å². The van der Waals surface area contributed by atoms with Crippen molar-refractivity contribution in [2.45, 2.75) is 110 Å². The molecule has 0 saturated heterocycles. The summed E-state index contributed by atoms with van der Waals surface area (Å²) in [5.74, 6) is 0. The first-order valence-electron chi connectivity index (χ1n) is 12.6. The maximum absolute atomic E-state index is 12.4. The van der Waals surface area contributed by atoms with Crippen molar-refractivity contribution in [2.75, 3.05) is 0 Å². The van der Waals surface area contributed by atoms with Crippen LogP contribution in [0.25, 0.3) is 0 Å². The first-order valence-corrected chi connectivity index (χ1v) is 12.6. The van der Waals surface area contributed by atoms with Crippen LogP contribution in [-0.4, -0.2) is 19.1 Å². The minimum Gasteiger partial charge on any atom is -0.300 e. The van der Waals surface area contributed by atoms with Crippen LogP contribution in [0.3, 0.4) is 0 Å². The van der Waals surface area contributed by atoms with Gasteiger partial charge in [-0.1, -0.05) is 78.1 Å². The molecule has 0 fully saturated rings. The Hall–Kier alpha value is -2.64. The molecule has 2 rings (SSSR count). The van der Waals surface area contributed by atoms with Crippen LogP contribution in [0.1, 0.15) is 102 Å². The fourth-order valence-electron chi connectivity index (χ4n) is 4.02. The van der Waals surface area contributed by atoms with Crippen molar-refractivity contribution in [1.82, 2.24) is 19.1 Å². The van der Waals surface area contributed by atoms with Gasteiger partial charge in [-0.2, -0.15) is 0 Å². The van der Waals surface area contributed by atoms with Crippen molar-refractivity contribution >= 4 is 0 Å². The van der Waals surface area contributed by atoms with E-state index in [9.17, 15) is 19.2 Å². The van der Waals surface area contributed by atoms with E-state index in [4.69, 9.17) is 0 Å².